The van der Waals surface area contributed by atoms with Crippen LogP contribution in [0.5, 0.6) is 5.75 Å². The molecule has 12 heteroatoms. The maximum absolute atomic E-state index is 15.7. The second-order valence-corrected chi connectivity index (χ2v) is 14.5. The molecule has 0 aliphatic carbocycles. The Morgan fingerprint density at radius 3 is 2.61 bits per heavy atom. The fourth-order valence-corrected chi connectivity index (χ4v) is 6.43. The summed E-state index contributed by atoms with van der Waals surface area (Å²) in [6.07, 6.45) is 5.12. The predicted octanol–water partition coefficient (Wildman–Crippen LogP) is 6.92. The molecule has 0 bridgehead atoms. The lowest BCUT2D eigenvalue weighted by molar-refractivity contribution is 0.00584. The van der Waals surface area contributed by atoms with Gasteiger partial charge in [0.25, 0.3) is 0 Å². The van der Waals surface area contributed by atoms with Gasteiger partial charge in [0.1, 0.15) is 36.1 Å². The van der Waals surface area contributed by atoms with Crippen LogP contribution in [0.25, 0.3) is 10.9 Å². The number of rotatable bonds is 12. The second kappa shape index (κ2) is 13.2. The highest BCUT2D eigenvalue weighted by Gasteiger charge is 2.43. The Hall–Kier alpha value is -3.61. The molecule has 2 heterocycles. The Balaban J connectivity index is 1.39. The number of hydrogen-bond acceptors (Lipinski definition) is 8. The van der Waals surface area contributed by atoms with Crippen LogP contribution in [0.3, 0.4) is 0 Å². The molecule has 2 unspecified atom stereocenters. The molecule has 3 aromatic carbocycles. The third-order valence-corrected chi connectivity index (χ3v) is 10.5. The van der Waals surface area contributed by atoms with Crippen molar-refractivity contribution in [3.63, 3.8) is 0 Å². The smallest absolute Gasteiger partial charge is 0.154 e. The summed E-state index contributed by atoms with van der Waals surface area (Å²) in [5.74, 6) is 0.185. The maximum Gasteiger partial charge on any atom is 0.154 e. The van der Waals surface area contributed by atoms with Gasteiger partial charge in [0.05, 0.1) is 27.3 Å². The first kappa shape index (κ1) is 31.8. The standard InChI is InChI=1S/C32H33BrF2N4O4S/c1-20(2)44(40,41)13-11-36-21(3)32(10-5-12-43-32)26-16-25-29(17-28(26)35)37-19-38-31(25)39-24-8-9-30(27(33)15-24)42-18-22-6-4-7-23(34)14-22/h4-9,12,14-17,19-21,36H,10-11,13,18H2,1-3H3,(H,37,38,39). The Morgan fingerprint density at radius 2 is 1.91 bits per heavy atom. The topological polar surface area (TPSA) is 102 Å². The molecule has 0 radical (unpaired) electrons. The van der Waals surface area contributed by atoms with Crippen LogP contribution in [0.4, 0.5) is 20.3 Å². The number of benzene rings is 3. The molecule has 1 aromatic heterocycles. The van der Waals surface area contributed by atoms with Crippen LogP contribution in [-0.2, 0) is 26.8 Å². The van der Waals surface area contributed by atoms with Gasteiger partial charge >= 0.3 is 0 Å². The van der Waals surface area contributed by atoms with E-state index in [0.29, 0.717) is 50.2 Å². The molecule has 1 aliphatic heterocycles. The number of hydrogen-bond donors (Lipinski definition) is 2. The van der Waals surface area contributed by atoms with E-state index in [1.54, 1.807) is 44.4 Å². The van der Waals surface area contributed by atoms with Crippen LogP contribution in [0.1, 0.15) is 38.3 Å². The molecule has 232 valence electrons. The zero-order valence-corrected chi connectivity index (χ0v) is 26.9. The molecule has 2 atom stereocenters. The summed E-state index contributed by atoms with van der Waals surface area (Å²) >= 11 is 3.54. The summed E-state index contributed by atoms with van der Waals surface area (Å²) in [6, 6.07) is 14.3. The van der Waals surface area contributed by atoms with Crippen molar-refractivity contribution < 1.29 is 26.7 Å². The first-order chi connectivity index (χ1) is 21.0. The van der Waals surface area contributed by atoms with Crippen LogP contribution >= 0.6 is 15.9 Å². The average molecular weight is 688 g/mol. The van der Waals surface area contributed by atoms with Gasteiger partial charge in [-0.2, -0.15) is 0 Å². The van der Waals surface area contributed by atoms with E-state index in [0.717, 1.165) is 0 Å². The largest absolute Gasteiger partial charge is 0.488 e. The van der Waals surface area contributed by atoms with Gasteiger partial charge in [-0.15, -0.1) is 0 Å². The molecular formula is C32H33BrF2N4O4S. The molecule has 2 N–H and O–H groups in total. The number of nitrogens with one attached hydrogen (secondary N) is 2. The summed E-state index contributed by atoms with van der Waals surface area (Å²) < 4.78 is 66.5. The highest BCUT2D eigenvalue weighted by Crippen LogP contribution is 2.41. The number of sulfone groups is 1. The van der Waals surface area contributed by atoms with Crippen molar-refractivity contribution in [1.29, 1.82) is 0 Å². The van der Waals surface area contributed by atoms with E-state index in [2.05, 4.69) is 36.5 Å². The first-order valence-corrected chi connectivity index (χ1v) is 16.7. The van der Waals surface area contributed by atoms with Crippen LogP contribution in [0.2, 0.25) is 0 Å². The van der Waals surface area contributed by atoms with E-state index in [1.807, 2.05) is 25.1 Å². The van der Waals surface area contributed by atoms with Crippen LogP contribution < -0.4 is 15.4 Å². The molecule has 0 saturated carbocycles. The van der Waals surface area contributed by atoms with Crippen molar-refractivity contribution >= 4 is 48.2 Å². The number of nitrogens with zero attached hydrogens (tertiary/aromatic N) is 2. The second-order valence-electron chi connectivity index (χ2n) is 10.9. The van der Waals surface area contributed by atoms with Crippen LogP contribution in [0, 0.1) is 11.6 Å². The van der Waals surface area contributed by atoms with Crippen molar-refractivity contribution in [3.8, 4) is 5.75 Å². The lowest BCUT2D eigenvalue weighted by Crippen LogP contribution is -2.48. The normalized spacial score (nSPS) is 17.2. The van der Waals surface area contributed by atoms with E-state index < -0.39 is 32.5 Å². The molecule has 8 nitrogen and oxygen atoms in total. The summed E-state index contributed by atoms with van der Waals surface area (Å²) in [4.78, 5) is 8.71. The van der Waals surface area contributed by atoms with Gasteiger partial charge in [-0.3, -0.25) is 0 Å². The quantitative estimate of drug-likeness (QED) is 0.166. The average Bonchev–Trinajstić information content (AvgIpc) is 3.47. The van der Waals surface area contributed by atoms with Gasteiger partial charge in [-0.05, 0) is 84.7 Å². The van der Waals surface area contributed by atoms with Crippen molar-refractivity contribution in [3.05, 3.63) is 100 Å². The number of fused-ring (bicyclic) bond motifs is 1. The van der Waals surface area contributed by atoms with Gasteiger partial charge in [-0.1, -0.05) is 12.1 Å². The molecule has 5 rings (SSSR count). The van der Waals surface area contributed by atoms with Crippen molar-refractivity contribution in [1.82, 2.24) is 15.3 Å². The fraction of sp³-hybridized carbons (Fsp3) is 0.312. The van der Waals surface area contributed by atoms with E-state index in [9.17, 15) is 12.8 Å². The summed E-state index contributed by atoms with van der Waals surface area (Å²) in [6.45, 7) is 5.56. The van der Waals surface area contributed by atoms with Gasteiger partial charge in [0.15, 0.2) is 15.4 Å². The summed E-state index contributed by atoms with van der Waals surface area (Å²) in [7, 11) is -3.24. The zero-order chi connectivity index (χ0) is 31.5. The Morgan fingerprint density at radius 1 is 1.09 bits per heavy atom. The van der Waals surface area contributed by atoms with Crippen molar-refractivity contribution in [2.75, 3.05) is 17.6 Å². The molecule has 0 saturated heterocycles. The lowest BCUT2D eigenvalue weighted by Gasteiger charge is -2.36. The Kier molecular flexibility index (Phi) is 9.52. The third kappa shape index (κ3) is 6.87. The molecular weight excluding hydrogens is 654 g/mol. The molecule has 0 amide bonds. The summed E-state index contributed by atoms with van der Waals surface area (Å²) in [5, 5.41) is 6.63. The van der Waals surface area contributed by atoms with Crippen LogP contribution in [0.15, 0.2) is 77.7 Å². The lowest BCUT2D eigenvalue weighted by atomic mass is 9.83. The predicted molar refractivity (Wildman–Crippen MR) is 171 cm³/mol. The number of aromatic nitrogens is 2. The van der Waals surface area contributed by atoms with E-state index in [-0.39, 0.29) is 24.7 Å². The highest BCUT2D eigenvalue weighted by molar-refractivity contribution is 9.10. The molecule has 4 aromatic rings. The van der Waals surface area contributed by atoms with Crippen molar-refractivity contribution in [2.24, 2.45) is 0 Å². The number of halogens is 3. The Labute approximate surface area is 264 Å². The monoisotopic (exact) mass is 686 g/mol. The minimum Gasteiger partial charge on any atom is -0.488 e. The van der Waals surface area contributed by atoms with Gasteiger partial charge in [0.2, 0.25) is 0 Å². The maximum atomic E-state index is 15.7. The fourth-order valence-electron chi connectivity index (χ4n) is 5.07. The minimum atomic E-state index is -3.24. The number of anilines is 2. The van der Waals surface area contributed by atoms with Gasteiger partial charge in [0, 0.05) is 41.7 Å². The van der Waals surface area contributed by atoms with Gasteiger partial charge < -0.3 is 20.1 Å². The van der Waals surface area contributed by atoms with E-state index in [4.69, 9.17) is 9.47 Å². The summed E-state index contributed by atoms with van der Waals surface area (Å²) in [5.41, 5.74) is 1.01. The van der Waals surface area contributed by atoms with Crippen molar-refractivity contribution in [2.45, 2.75) is 50.7 Å². The van der Waals surface area contributed by atoms with E-state index >= 15 is 4.39 Å². The first-order valence-electron chi connectivity index (χ1n) is 14.1. The Bertz CT molecular complexity index is 1790. The number of ether oxygens (including phenoxy) is 2. The minimum absolute atomic E-state index is 0.0369. The molecule has 0 spiro atoms. The zero-order valence-electron chi connectivity index (χ0n) is 24.5. The van der Waals surface area contributed by atoms with E-state index in [1.165, 1.54) is 24.5 Å². The molecule has 0 fully saturated rings. The van der Waals surface area contributed by atoms with Gasteiger partial charge in [-0.25, -0.2) is 27.2 Å². The SMILES string of the molecule is CC(NCCS(=O)(=O)C(C)C)C1(c2cc3c(Nc4ccc(OCc5cccc(F)c5)c(Br)c4)ncnc3cc2F)CC=CO1. The molecule has 1 aliphatic rings. The molecule has 44 heavy (non-hydrogen) atoms. The third-order valence-electron chi connectivity index (χ3n) is 7.71. The van der Waals surface area contributed by atoms with Crippen LogP contribution in [-0.4, -0.2) is 42.0 Å². The highest BCUT2D eigenvalue weighted by atomic mass is 79.9.